The Hall–Kier alpha value is -3.90. The van der Waals surface area contributed by atoms with E-state index in [-0.39, 0.29) is 51.9 Å². The van der Waals surface area contributed by atoms with Gasteiger partial charge in [0.25, 0.3) is 0 Å². The molecule has 0 aromatic heterocycles. The zero-order valence-corrected chi connectivity index (χ0v) is 21.9. The molecule has 0 aliphatic carbocycles. The van der Waals surface area contributed by atoms with E-state index in [4.69, 9.17) is 16.7 Å². The predicted octanol–water partition coefficient (Wildman–Crippen LogP) is 4.42. The number of aliphatic carboxylic acids is 1. The molecule has 13 heteroatoms. The van der Waals surface area contributed by atoms with Gasteiger partial charge in [0.1, 0.15) is 23.5 Å². The Morgan fingerprint density at radius 2 is 1.80 bits per heavy atom. The maximum Gasteiger partial charge on any atom is 0.303 e. The summed E-state index contributed by atoms with van der Waals surface area (Å²) in [4.78, 5) is 31.9. The first kappa shape index (κ1) is 27.7. The van der Waals surface area contributed by atoms with Crippen LogP contribution in [0.1, 0.15) is 24.8 Å². The van der Waals surface area contributed by atoms with E-state index in [1.54, 1.807) is 4.90 Å². The SMILES string of the molecule is CN(C1=CC(c2cc(F)c(F)c(F)c2)=NC2=CC(C(=O)N3CCC(CC(=O)O)CC3)NN21)c1c(F)cccc1Cl. The molecule has 1 saturated heterocycles. The summed E-state index contributed by atoms with van der Waals surface area (Å²) in [5.74, 6) is -5.83. The highest BCUT2D eigenvalue weighted by atomic mass is 35.5. The number of aliphatic imine (C=N–C) groups is 1. The van der Waals surface area contributed by atoms with Gasteiger partial charge in [-0.1, -0.05) is 17.7 Å². The van der Waals surface area contributed by atoms with Crippen molar-refractivity contribution in [2.45, 2.75) is 25.3 Å². The van der Waals surface area contributed by atoms with Crippen LogP contribution in [0.2, 0.25) is 5.02 Å². The van der Waals surface area contributed by atoms with Crippen molar-refractivity contribution in [1.29, 1.82) is 0 Å². The predicted molar refractivity (Wildman–Crippen MR) is 139 cm³/mol. The number of likely N-dealkylation sites (tertiary alicyclic amines) is 1. The van der Waals surface area contributed by atoms with Crippen molar-refractivity contribution in [3.05, 3.63) is 88.0 Å². The summed E-state index contributed by atoms with van der Waals surface area (Å²) in [6, 6.07) is 4.86. The van der Waals surface area contributed by atoms with Crippen LogP contribution in [0.5, 0.6) is 0 Å². The second kappa shape index (κ2) is 10.9. The molecule has 1 atom stereocenters. The molecule has 3 aliphatic heterocycles. The number of amides is 1. The second-order valence-electron chi connectivity index (χ2n) is 9.72. The zero-order valence-electron chi connectivity index (χ0n) is 21.2. The summed E-state index contributed by atoms with van der Waals surface area (Å²) < 4.78 is 56.6. The monoisotopic (exact) mass is 577 g/mol. The van der Waals surface area contributed by atoms with E-state index in [1.165, 1.54) is 47.3 Å². The fraction of sp³-hybridized carbons (Fsp3) is 0.296. The molecule has 3 heterocycles. The minimum atomic E-state index is -1.62. The summed E-state index contributed by atoms with van der Waals surface area (Å²) in [6.07, 6.45) is 4.07. The van der Waals surface area contributed by atoms with Gasteiger partial charge in [-0.2, -0.15) is 0 Å². The lowest BCUT2D eigenvalue weighted by Crippen LogP contribution is -2.51. The molecular weight excluding hydrogens is 554 g/mol. The van der Waals surface area contributed by atoms with Gasteiger partial charge in [-0.05, 0) is 49.1 Å². The molecule has 1 fully saturated rings. The van der Waals surface area contributed by atoms with Crippen LogP contribution in [-0.4, -0.2) is 58.8 Å². The van der Waals surface area contributed by atoms with Crippen LogP contribution in [0, 0.1) is 29.2 Å². The first-order valence-electron chi connectivity index (χ1n) is 12.4. The Labute approximate surface area is 231 Å². The van der Waals surface area contributed by atoms with E-state index in [0.717, 1.165) is 12.1 Å². The molecule has 210 valence electrons. The number of nitrogens with zero attached hydrogens (tertiary/aromatic N) is 4. The van der Waals surface area contributed by atoms with Gasteiger partial charge in [0.2, 0.25) is 5.91 Å². The number of benzene rings is 2. The number of carboxylic acid groups (broad SMARTS) is 1. The third-order valence-corrected chi connectivity index (χ3v) is 7.40. The number of allylic oxidation sites excluding steroid dienone is 1. The van der Waals surface area contributed by atoms with Gasteiger partial charge >= 0.3 is 5.97 Å². The highest BCUT2D eigenvalue weighted by Gasteiger charge is 2.38. The van der Waals surface area contributed by atoms with Crippen LogP contribution in [0.15, 0.2) is 59.1 Å². The van der Waals surface area contributed by atoms with Gasteiger partial charge in [0, 0.05) is 38.2 Å². The minimum Gasteiger partial charge on any atom is -0.481 e. The highest BCUT2D eigenvalue weighted by molar-refractivity contribution is 6.33. The van der Waals surface area contributed by atoms with Crippen molar-refractivity contribution in [3.63, 3.8) is 0 Å². The Morgan fingerprint density at radius 3 is 2.42 bits per heavy atom. The third-order valence-electron chi connectivity index (χ3n) is 7.09. The lowest BCUT2D eigenvalue weighted by molar-refractivity contribution is -0.138. The number of carboxylic acids is 1. The van der Waals surface area contributed by atoms with Crippen LogP contribution in [0.25, 0.3) is 0 Å². The molecule has 5 rings (SSSR count). The number of carbonyl (C=O) groups excluding carboxylic acids is 1. The molecule has 40 heavy (non-hydrogen) atoms. The van der Waals surface area contributed by atoms with Crippen molar-refractivity contribution < 1.29 is 32.3 Å². The molecule has 0 radical (unpaired) electrons. The Bertz CT molecular complexity index is 1430. The number of hydrazine groups is 1. The largest absolute Gasteiger partial charge is 0.481 e. The average molecular weight is 578 g/mol. The van der Waals surface area contributed by atoms with Gasteiger partial charge in [0.15, 0.2) is 17.5 Å². The van der Waals surface area contributed by atoms with Crippen molar-refractivity contribution in [2.75, 3.05) is 25.0 Å². The van der Waals surface area contributed by atoms with Gasteiger partial charge in [-0.15, -0.1) is 0 Å². The van der Waals surface area contributed by atoms with Crippen molar-refractivity contribution in [1.82, 2.24) is 15.3 Å². The highest BCUT2D eigenvalue weighted by Crippen LogP contribution is 2.35. The van der Waals surface area contributed by atoms with E-state index in [0.29, 0.717) is 25.9 Å². The topological polar surface area (TPSA) is 88.5 Å². The minimum absolute atomic E-state index is 0.00423. The lowest BCUT2D eigenvalue weighted by atomic mass is 9.93. The number of fused-ring (bicyclic) bond motifs is 1. The number of para-hydroxylation sites is 1. The maximum absolute atomic E-state index is 14.9. The molecule has 3 aliphatic rings. The first-order chi connectivity index (χ1) is 19.0. The maximum atomic E-state index is 14.9. The first-order valence-corrected chi connectivity index (χ1v) is 12.8. The molecule has 0 bridgehead atoms. The van der Waals surface area contributed by atoms with Gasteiger partial charge in [0.05, 0.1) is 16.4 Å². The average Bonchev–Trinajstić information content (AvgIpc) is 3.34. The Balaban J connectivity index is 1.48. The molecule has 2 N–H and O–H groups in total. The molecular formula is C27H24ClF4N5O3. The van der Waals surface area contributed by atoms with Crippen molar-refractivity contribution >= 4 is 34.9 Å². The van der Waals surface area contributed by atoms with Crippen molar-refractivity contribution in [3.8, 4) is 0 Å². The quantitative estimate of drug-likeness (QED) is 0.390. The summed E-state index contributed by atoms with van der Waals surface area (Å²) in [5.41, 5.74) is 3.02. The van der Waals surface area contributed by atoms with Crippen LogP contribution >= 0.6 is 11.6 Å². The molecule has 0 spiro atoms. The number of hydrogen-bond acceptors (Lipinski definition) is 6. The van der Waals surface area contributed by atoms with E-state index < -0.39 is 35.3 Å². The number of rotatable bonds is 6. The van der Waals surface area contributed by atoms with Crippen molar-refractivity contribution in [2.24, 2.45) is 10.9 Å². The van der Waals surface area contributed by atoms with Crippen LogP contribution in [-0.2, 0) is 9.59 Å². The van der Waals surface area contributed by atoms with Crippen LogP contribution < -0.4 is 10.3 Å². The van der Waals surface area contributed by atoms with Gasteiger partial charge < -0.3 is 14.9 Å². The standard InChI is InChI=1S/C27H24ClF4N5O3/c1-35(26-16(28)3-2-4-17(26)29)23-13-20(15-10-18(30)25(32)19(31)11-15)33-22-12-21(34-37(22)23)27(40)36-7-5-14(6-8-36)9-24(38)39/h2-4,10-14,21,34H,5-9H2,1H3,(H,38,39). The second-order valence-corrected chi connectivity index (χ2v) is 10.1. The molecule has 8 nitrogen and oxygen atoms in total. The molecule has 2 aromatic carbocycles. The van der Waals surface area contributed by atoms with E-state index in [9.17, 15) is 27.2 Å². The summed E-state index contributed by atoms with van der Waals surface area (Å²) in [6.45, 7) is 0.766. The normalized spacial score (nSPS) is 19.1. The fourth-order valence-corrected chi connectivity index (χ4v) is 5.32. The van der Waals surface area contributed by atoms with E-state index in [1.807, 2.05) is 0 Å². The lowest BCUT2D eigenvalue weighted by Gasteiger charge is -2.36. The smallest absolute Gasteiger partial charge is 0.303 e. The van der Waals surface area contributed by atoms with Gasteiger partial charge in [-0.25, -0.2) is 33.0 Å². The molecule has 2 aromatic rings. The van der Waals surface area contributed by atoms with E-state index >= 15 is 0 Å². The van der Waals surface area contributed by atoms with E-state index in [2.05, 4.69) is 10.4 Å². The fourth-order valence-electron chi connectivity index (χ4n) is 5.03. The molecule has 1 amide bonds. The zero-order chi connectivity index (χ0) is 28.7. The Kier molecular flexibility index (Phi) is 7.56. The summed E-state index contributed by atoms with van der Waals surface area (Å²) in [5, 5.41) is 10.6. The van der Waals surface area contributed by atoms with Gasteiger partial charge in [-0.3, -0.25) is 9.59 Å². The third kappa shape index (κ3) is 5.28. The molecule has 1 unspecified atom stereocenters. The summed E-state index contributed by atoms with van der Waals surface area (Å²) >= 11 is 6.29. The summed E-state index contributed by atoms with van der Waals surface area (Å²) in [7, 11) is 1.52. The number of hydrogen-bond donors (Lipinski definition) is 2. The number of anilines is 1. The molecule has 0 saturated carbocycles. The van der Waals surface area contributed by atoms with Crippen LogP contribution in [0.4, 0.5) is 23.2 Å². The van der Waals surface area contributed by atoms with Crippen LogP contribution in [0.3, 0.4) is 0 Å². The number of halogens is 5. The number of carbonyl (C=O) groups is 2. The number of nitrogens with one attached hydrogen (secondary N) is 1. The number of piperidine rings is 1. The Morgan fingerprint density at radius 1 is 1.12 bits per heavy atom.